The number of hydrogen-bond acceptors (Lipinski definition) is 8. The number of carbonyl (C=O) groups excluding carboxylic acids is 1. The number of rotatable bonds is 3. The minimum Gasteiger partial charge on any atom is -0.375 e. The normalized spacial score (nSPS) is 10.1. The summed E-state index contributed by atoms with van der Waals surface area (Å²) in [5.74, 6) is -0.209. The number of aromatic nitrogens is 4. The molecule has 7 nitrogen and oxygen atoms in total. The van der Waals surface area contributed by atoms with Crippen LogP contribution in [0.15, 0.2) is 5.38 Å². The van der Waals surface area contributed by atoms with Gasteiger partial charge in [-0.15, -0.1) is 11.3 Å². The first-order valence-corrected chi connectivity index (χ1v) is 5.54. The first-order chi connectivity index (χ1) is 7.24. The standard InChI is InChI=1S/C6H6N6OS2/c7-5-8-3(2-14-5)1-4(13)9-6-10-11-12-15-6/h2H,1H2,(H2,7,8)(H,9,10,12,13). The summed E-state index contributed by atoms with van der Waals surface area (Å²) in [6.45, 7) is 0. The van der Waals surface area contributed by atoms with E-state index in [0.717, 1.165) is 11.5 Å². The first kappa shape index (κ1) is 9.93. The Morgan fingerprint density at radius 2 is 2.47 bits per heavy atom. The van der Waals surface area contributed by atoms with Gasteiger partial charge in [0.2, 0.25) is 11.0 Å². The van der Waals surface area contributed by atoms with E-state index < -0.39 is 0 Å². The van der Waals surface area contributed by atoms with Crippen molar-refractivity contribution in [1.82, 2.24) is 19.8 Å². The summed E-state index contributed by atoms with van der Waals surface area (Å²) < 4.78 is 3.52. The van der Waals surface area contributed by atoms with E-state index in [2.05, 4.69) is 25.1 Å². The molecule has 0 saturated carbocycles. The number of nitrogen functional groups attached to an aromatic ring is 1. The number of anilines is 2. The molecule has 0 aliphatic rings. The van der Waals surface area contributed by atoms with Crippen molar-refractivity contribution in [3.05, 3.63) is 11.1 Å². The van der Waals surface area contributed by atoms with Crippen LogP contribution in [0, 0.1) is 0 Å². The number of nitrogens with one attached hydrogen (secondary N) is 1. The third-order valence-electron chi connectivity index (χ3n) is 1.46. The van der Waals surface area contributed by atoms with E-state index in [1.54, 1.807) is 5.38 Å². The van der Waals surface area contributed by atoms with Crippen molar-refractivity contribution in [1.29, 1.82) is 0 Å². The molecule has 0 atom stereocenters. The van der Waals surface area contributed by atoms with Gasteiger partial charge in [0, 0.05) is 16.9 Å². The van der Waals surface area contributed by atoms with Crippen molar-refractivity contribution < 1.29 is 4.79 Å². The second kappa shape index (κ2) is 4.28. The Morgan fingerprint density at radius 1 is 1.60 bits per heavy atom. The maximum atomic E-state index is 11.4. The molecule has 0 radical (unpaired) electrons. The highest BCUT2D eigenvalue weighted by Crippen LogP contribution is 2.12. The van der Waals surface area contributed by atoms with Crippen molar-refractivity contribution in [2.45, 2.75) is 6.42 Å². The lowest BCUT2D eigenvalue weighted by Gasteiger charge is -1.96. The van der Waals surface area contributed by atoms with E-state index in [0.29, 0.717) is 16.0 Å². The van der Waals surface area contributed by atoms with Crippen molar-refractivity contribution in [2.75, 3.05) is 11.1 Å². The predicted octanol–water partition coefficient (Wildman–Crippen LogP) is 0.153. The summed E-state index contributed by atoms with van der Waals surface area (Å²) >= 11 is 2.32. The van der Waals surface area contributed by atoms with Crippen LogP contribution < -0.4 is 11.1 Å². The van der Waals surface area contributed by atoms with Gasteiger partial charge in [0.15, 0.2) is 5.13 Å². The molecule has 78 valence electrons. The fraction of sp³-hybridized carbons (Fsp3) is 0.167. The van der Waals surface area contributed by atoms with Gasteiger partial charge in [0.1, 0.15) is 0 Å². The smallest absolute Gasteiger partial charge is 0.232 e. The Bertz CT molecular complexity index is 452. The first-order valence-electron chi connectivity index (χ1n) is 3.89. The summed E-state index contributed by atoms with van der Waals surface area (Å²) in [4.78, 5) is 15.4. The van der Waals surface area contributed by atoms with Crippen LogP contribution in [0.4, 0.5) is 10.3 Å². The molecular weight excluding hydrogens is 236 g/mol. The lowest BCUT2D eigenvalue weighted by molar-refractivity contribution is -0.115. The summed E-state index contributed by atoms with van der Waals surface area (Å²) in [5, 5.41) is 12.1. The van der Waals surface area contributed by atoms with Gasteiger partial charge in [0.25, 0.3) is 0 Å². The highest BCUT2D eigenvalue weighted by Gasteiger charge is 2.08. The molecule has 0 spiro atoms. The van der Waals surface area contributed by atoms with Gasteiger partial charge in [0.05, 0.1) is 12.1 Å². The molecule has 15 heavy (non-hydrogen) atoms. The topological polar surface area (TPSA) is 107 Å². The molecule has 2 heterocycles. The molecule has 9 heteroatoms. The number of thiazole rings is 1. The molecule has 0 saturated heterocycles. The molecule has 2 aromatic heterocycles. The quantitative estimate of drug-likeness (QED) is 0.793. The molecule has 0 bridgehead atoms. The summed E-state index contributed by atoms with van der Waals surface area (Å²) in [6.07, 6.45) is 0.174. The molecule has 3 N–H and O–H groups in total. The number of amides is 1. The van der Waals surface area contributed by atoms with Gasteiger partial charge in [-0.2, -0.15) is 0 Å². The maximum Gasteiger partial charge on any atom is 0.232 e. The van der Waals surface area contributed by atoms with E-state index in [1.807, 2.05) is 0 Å². The summed E-state index contributed by atoms with van der Waals surface area (Å²) in [7, 11) is 0. The van der Waals surface area contributed by atoms with Crippen LogP contribution in [0.25, 0.3) is 0 Å². The van der Waals surface area contributed by atoms with E-state index >= 15 is 0 Å². The van der Waals surface area contributed by atoms with Crippen molar-refractivity contribution in [2.24, 2.45) is 0 Å². The second-order valence-electron chi connectivity index (χ2n) is 2.57. The number of hydrogen-bond donors (Lipinski definition) is 2. The minimum absolute atomic E-state index is 0.174. The lowest BCUT2D eigenvalue weighted by atomic mass is 10.3. The van der Waals surface area contributed by atoms with Crippen LogP contribution in [0.2, 0.25) is 0 Å². The van der Waals surface area contributed by atoms with Crippen molar-refractivity contribution in [3.63, 3.8) is 0 Å². The average Bonchev–Trinajstić information content (AvgIpc) is 2.77. The van der Waals surface area contributed by atoms with Gasteiger partial charge < -0.3 is 5.73 Å². The predicted molar refractivity (Wildman–Crippen MR) is 56.6 cm³/mol. The molecule has 2 rings (SSSR count). The van der Waals surface area contributed by atoms with E-state index in [1.165, 1.54) is 11.3 Å². The van der Waals surface area contributed by atoms with Crippen LogP contribution in [0.1, 0.15) is 5.69 Å². The molecule has 0 unspecified atom stereocenters. The second-order valence-corrected chi connectivity index (χ2v) is 4.19. The van der Waals surface area contributed by atoms with E-state index in [4.69, 9.17) is 5.73 Å². The fourth-order valence-electron chi connectivity index (χ4n) is 0.914. The van der Waals surface area contributed by atoms with Gasteiger partial charge in [-0.1, -0.05) is 9.59 Å². The molecule has 1 amide bonds. The zero-order valence-electron chi connectivity index (χ0n) is 7.38. The zero-order chi connectivity index (χ0) is 10.7. The molecule has 2 aromatic rings. The summed E-state index contributed by atoms with van der Waals surface area (Å²) in [6, 6.07) is 0. The Labute approximate surface area is 92.5 Å². The van der Waals surface area contributed by atoms with Gasteiger partial charge in [-0.3, -0.25) is 10.1 Å². The Kier molecular flexibility index (Phi) is 2.83. The lowest BCUT2D eigenvalue weighted by Crippen LogP contribution is -2.14. The van der Waals surface area contributed by atoms with Crippen molar-refractivity contribution in [3.8, 4) is 0 Å². The minimum atomic E-state index is -0.209. The Morgan fingerprint density at radius 3 is 3.07 bits per heavy atom. The third-order valence-corrected chi connectivity index (χ3v) is 2.69. The SMILES string of the molecule is Nc1nc(CC(=O)Nc2nnns2)cs1. The van der Waals surface area contributed by atoms with Crippen LogP contribution in [-0.4, -0.2) is 25.7 Å². The van der Waals surface area contributed by atoms with Gasteiger partial charge in [-0.05, 0) is 5.21 Å². The Hall–Kier alpha value is -1.61. The molecule has 0 aliphatic heterocycles. The number of nitrogens with two attached hydrogens (primary N) is 1. The Balaban J connectivity index is 1.93. The average molecular weight is 242 g/mol. The molecular formula is C6H6N6OS2. The van der Waals surface area contributed by atoms with Crippen LogP contribution in [-0.2, 0) is 11.2 Å². The van der Waals surface area contributed by atoms with Gasteiger partial charge in [-0.25, -0.2) is 4.98 Å². The van der Waals surface area contributed by atoms with Crippen LogP contribution in [0.5, 0.6) is 0 Å². The largest absolute Gasteiger partial charge is 0.375 e. The monoisotopic (exact) mass is 242 g/mol. The molecule has 0 fully saturated rings. The van der Waals surface area contributed by atoms with E-state index in [9.17, 15) is 4.79 Å². The third kappa shape index (κ3) is 2.67. The van der Waals surface area contributed by atoms with Crippen LogP contribution in [0.3, 0.4) is 0 Å². The van der Waals surface area contributed by atoms with Crippen LogP contribution >= 0.6 is 22.9 Å². The number of nitrogens with zero attached hydrogens (tertiary/aromatic N) is 4. The van der Waals surface area contributed by atoms with E-state index in [-0.39, 0.29) is 12.3 Å². The van der Waals surface area contributed by atoms with Gasteiger partial charge >= 0.3 is 0 Å². The molecule has 0 aromatic carbocycles. The summed E-state index contributed by atoms with van der Waals surface area (Å²) in [5.41, 5.74) is 6.08. The fourth-order valence-corrected chi connectivity index (χ4v) is 1.86. The van der Waals surface area contributed by atoms with Crippen molar-refractivity contribution >= 4 is 39.0 Å². The highest BCUT2D eigenvalue weighted by atomic mass is 32.1. The maximum absolute atomic E-state index is 11.4. The number of carbonyl (C=O) groups is 1. The zero-order valence-corrected chi connectivity index (χ0v) is 9.01. The highest BCUT2D eigenvalue weighted by molar-refractivity contribution is 7.13. The molecule has 0 aliphatic carbocycles.